The van der Waals surface area contributed by atoms with Gasteiger partial charge in [-0.2, -0.15) is 4.57 Å². The van der Waals surface area contributed by atoms with Gasteiger partial charge >= 0.3 is 0 Å². The summed E-state index contributed by atoms with van der Waals surface area (Å²) in [7, 11) is 0. The van der Waals surface area contributed by atoms with Gasteiger partial charge in [-0.1, -0.05) is 18.3 Å². The summed E-state index contributed by atoms with van der Waals surface area (Å²) in [6.45, 7) is 5.94. The van der Waals surface area contributed by atoms with E-state index in [9.17, 15) is 5.11 Å². The van der Waals surface area contributed by atoms with Crippen LogP contribution in [0.15, 0.2) is 48.8 Å². The summed E-state index contributed by atoms with van der Waals surface area (Å²) in [6.07, 6.45) is 3.72. The zero-order valence-electron chi connectivity index (χ0n) is 16.8. The minimum atomic E-state index is 0.0760. The molecule has 0 spiro atoms. The molecule has 0 unspecified atom stereocenters. The zero-order valence-corrected chi connectivity index (χ0v) is 17.6. The van der Waals surface area contributed by atoms with E-state index in [0.717, 1.165) is 32.8 Å². The molecule has 4 rings (SSSR count). The molecule has 30 heavy (non-hydrogen) atoms. The molecular weight excluding hydrogens is 402 g/mol. The van der Waals surface area contributed by atoms with E-state index in [1.807, 2.05) is 47.3 Å². The van der Waals surface area contributed by atoms with Gasteiger partial charge in [0.15, 0.2) is 34.6 Å². The third-order valence-electron chi connectivity index (χ3n) is 5.05. The number of hydrogen-bond donors (Lipinski definition) is 2. The number of aliphatic hydroxyl groups excluding tert-OH is 1. The Labute approximate surface area is 181 Å². The first kappa shape index (κ1) is 20.6. The van der Waals surface area contributed by atoms with Crippen molar-refractivity contribution in [3.05, 3.63) is 54.4 Å². The number of morpholine rings is 1. The molecule has 1 saturated heterocycles. The monoisotopic (exact) mass is 428 g/mol. The van der Waals surface area contributed by atoms with Gasteiger partial charge in [-0.15, -0.1) is 0 Å². The molecule has 2 aliphatic rings. The van der Waals surface area contributed by atoms with E-state index in [4.69, 9.17) is 26.4 Å². The van der Waals surface area contributed by atoms with Crippen molar-refractivity contribution in [2.24, 2.45) is 0 Å². The Balaban J connectivity index is 1.56. The van der Waals surface area contributed by atoms with Crippen molar-refractivity contribution in [2.75, 3.05) is 52.6 Å². The predicted octanol–water partition coefficient (Wildman–Crippen LogP) is 1.88. The molecule has 7 nitrogen and oxygen atoms in total. The van der Waals surface area contributed by atoms with Crippen molar-refractivity contribution < 1.29 is 23.9 Å². The van der Waals surface area contributed by atoms with Crippen LogP contribution in [-0.4, -0.2) is 67.6 Å². The first-order chi connectivity index (χ1) is 14.7. The highest BCUT2D eigenvalue weighted by Crippen LogP contribution is 2.33. The maximum absolute atomic E-state index is 11.2. The van der Waals surface area contributed by atoms with Crippen LogP contribution < -0.4 is 19.4 Å². The smallest absolute Gasteiger partial charge is 0.287 e. The molecule has 0 atom stereocenters. The Morgan fingerprint density at radius 2 is 1.77 bits per heavy atom. The third kappa shape index (κ3) is 4.89. The van der Waals surface area contributed by atoms with Crippen LogP contribution in [0.5, 0.6) is 11.5 Å². The second-order valence-corrected chi connectivity index (χ2v) is 7.46. The summed E-state index contributed by atoms with van der Waals surface area (Å²) in [4.78, 5) is 2.81. The summed E-state index contributed by atoms with van der Waals surface area (Å²) < 4.78 is 18.5. The van der Waals surface area contributed by atoms with Gasteiger partial charge in [0.2, 0.25) is 0 Å². The van der Waals surface area contributed by atoms with E-state index in [2.05, 4.69) is 10.2 Å². The van der Waals surface area contributed by atoms with Gasteiger partial charge in [0.25, 0.3) is 5.70 Å². The number of hydrogen-bond acceptors (Lipinski definition) is 6. The topological polar surface area (TPSA) is 67.1 Å². The van der Waals surface area contributed by atoms with Crippen LogP contribution in [0.2, 0.25) is 0 Å². The molecule has 2 aromatic rings. The number of nitrogens with one attached hydrogen (secondary N) is 1. The lowest BCUT2D eigenvalue weighted by Crippen LogP contribution is -2.44. The number of benzene rings is 1. The molecule has 0 aliphatic carbocycles. The molecule has 1 aromatic carbocycles. The highest BCUT2D eigenvalue weighted by Gasteiger charge is 2.25. The Kier molecular flexibility index (Phi) is 6.78. The molecule has 2 aliphatic heterocycles. The molecule has 0 radical (unpaired) electrons. The van der Waals surface area contributed by atoms with Crippen LogP contribution in [0, 0.1) is 0 Å². The molecule has 3 heterocycles. The maximum atomic E-state index is 11.2. The van der Waals surface area contributed by atoms with Gasteiger partial charge in [-0.05, 0) is 18.2 Å². The van der Waals surface area contributed by atoms with E-state index in [0.29, 0.717) is 47.5 Å². The summed E-state index contributed by atoms with van der Waals surface area (Å²) in [5.41, 5.74) is 1.13. The van der Waals surface area contributed by atoms with Crippen molar-refractivity contribution in [1.82, 2.24) is 10.2 Å². The highest BCUT2D eigenvalue weighted by atomic mass is 32.1. The van der Waals surface area contributed by atoms with Crippen molar-refractivity contribution in [1.29, 1.82) is 0 Å². The van der Waals surface area contributed by atoms with Gasteiger partial charge in [0.05, 0.1) is 13.2 Å². The van der Waals surface area contributed by atoms with Gasteiger partial charge in [0, 0.05) is 43.9 Å². The van der Waals surface area contributed by atoms with E-state index in [1.165, 1.54) is 0 Å². The molecule has 158 valence electrons. The first-order valence-corrected chi connectivity index (χ1v) is 10.5. The fourth-order valence-electron chi connectivity index (χ4n) is 3.46. The fourth-order valence-corrected chi connectivity index (χ4v) is 3.76. The fraction of sp³-hybridized carbons (Fsp3) is 0.364. The molecule has 0 amide bonds. The number of thiocarbonyl (C=S) groups is 1. The van der Waals surface area contributed by atoms with Crippen LogP contribution in [0.3, 0.4) is 0 Å². The molecule has 1 fully saturated rings. The standard InChI is InChI=1S/C22H25N3O4S/c26-21(17-4-5-18-19(16-17)29-15-14-28-18)20(25-7-2-1-3-8-25)22(30)23-6-9-24-10-12-27-13-11-24/h1-5,7-8,16H,6,9-15H2,(H-,23,26,30)/p+1. The summed E-state index contributed by atoms with van der Waals surface area (Å²) in [5.74, 6) is 1.37. The number of aromatic nitrogens is 1. The van der Waals surface area contributed by atoms with Gasteiger partial charge in [-0.3, -0.25) is 4.90 Å². The van der Waals surface area contributed by atoms with Crippen LogP contribution >= 0.6 is 12.2 Å². The average molecular weight is 429 g/mol. The quantitative estimate of drug-likeness (QED) is 0.315. The SMILES string of the molecule is O/C(=C(/C(=S)NCCN1CCOCC1)[n+]1ccccc1)c1ccc2c(c1)OCCO2. The Morgan fingerprint density at radius 1 is 1.03 bits per heavy atom. The molecule has 0 saturated carbocycles. The summed E-state index contributed by atoms with van der Waals surface area (Å²) in [6, 6.07) is 11.1. The lowest BCUT2D eigenvalue weighted by molar-refractivity contribution is -0.576. The Morgan fingerprint density at radius 3 is 2.53 bits per heavy atom. The van der Waals surface area contributed by atoms with Crippen LogP contribution in [0.4, 0.5) is 0 Å². The number of nitrogens with zero attached hydrogens (tertiary/aromatic N) is 2. The first-order valence-electron chi connectivity index (χ1n) is 10.1. The second-order valence-electron chi connectivity index (χ2n) is 7.05. The summed E-state index contributed by atoms with van der Waals surface area (Å²) in [5, 5.41) is 14.5. The third-order valence-corrected chi connectivity index (χ3v) is 5.38. The number of ether oxygens (including phenoxy) is 3. The van der Waals surface area contributed by atoms with Gasteiger partial charge < -0.3 is 24.6 Å². The number of fused-ring (bicyclic) bond motifs is 1. The zero-order chi connectivity index (χ0) is 20.8. The van der Waals surface area contributed by atoms with Crippen molar-refractivity contribution in [3.8, 4) is 11.5 Å². The van der Waals surface area contributed by atoms with E-state index >= 15 is 0 Å². The minimum absolute atomic E-state index is 0.0760. The Bertz CT molecular complexity index is 914. The highest BCUT2D eigenvalue weighted by molar-refractivity contribution is 7.81. The van der Waals surface area contributed by atoms with E-state index in [1.54, 1.807) is 6.07 Å². The molecule has 1 aromatic heterocycles. The van der Waals surface area contributed by atoms with E-state index in [-0.39, 0.29) is 5.76 Å². The van der Waals surface area contributed by atoms with Crippen molar-refractivity contribution in [2.45, 2.75) is 0 Å². The number of aliphatic hydroxyl groups is 1. The van der Waals surface area contributed by atoms with Crippen molar-refractivity contribution >= 4 is 28.7 Å². The normalized spacial score (nSPS) is 17.2. The van der Waals surface area contributed by atoms with Gasteiger partial charge in [-0.25, -0.2) is 0 Å². The van der Waals surface area contributed by atoms with Crippen LogP contribution in [0.25, 0.3) is 11.5 Å². The van der Waals surface area contributed by atoms with Crippen LogP contribution in [0.1, 0.15) is 5.56 Å². The lowest BCUT2D eigenvalue weighted by atomic mass is 10.1. The van der Waals surface area contributed by atoms with Crippen molar-refractivity contribution in [3.63, 3.8) is 0 Å². The van der Waals surface area contributed by atoms with E-state index < -0.39 is 0 Å². The van der Waals surface area contributed by atoms with Gasteiger partial charge in [0.1, 0.15) is 13.2 Å². The molecule has 2 N–H and O–H groups in total. The number of pyridine rings is 1. The minimum Gasteiger partial charge on any atom is -0.502 e. The average Bonchev–Trinajstić information content (AvgIpc) is 2.80. The van der Waals surface area contributed by atoms with Crippen LogP contribution in [-0.2, 0) is 4.74 Å². The molecular formula is C22H26N3O4S+. The Hall–Kier alpha value is -2.68. The lowest BCUT2D eigenvalue weighted by Gasteiger charge is -2.26. The largest absolute Gasteiger partial charge is 0.502 e. The molecule has 0 bridgehead atoms. The molecule has 8 heteroatoms. The maximum Gasteiger partial charge on any atom is 0.287 e. The number of rotatable bonds is 6. The summed E-state index contributed by atoms with van der Waals surface area (Å²) >= 11 is 5.67. The second kappa shape index (κ2) is 9.88. The predicted molar refractivity (Wildman–Crippen MR) is 118 cm³/mol.